The number of aromatic nitrogens is 2. The highest BCUT2D eigenvalue weighted by atomic mass is 127. The van der Waals surface area contributed by atoms with Crippen LogP contribution in [0.15, 0.2) is 54.6 Å². The molecule has 1 aromatic heterocycles. The van der Waals surface area contributed by atoms with Crippen molar-refractivity contribution >= 4 is 46.0 Å². The highest BCUT2D eigenvalue weighted by Gasteiger charge is 2.05. The number of amides is 1. The van der Waals surface area contributed by atoms with Gasteiger partial charge in [-0.3, -0.25) is 4.79 Å². The number of nitrogens with one attached hydrogen (secondary N) is 3. The average molecular weight is 487 g/mol. The number of benzene rings is 2. The molecule has 0 radical (unpaired) electrons. The summed E-state index contributed by atoms with van der Waals surface area (Å²) in [6, 6.07) is 17.5. The number of carbonyl (C=O) groups is 1. The van der Waals surface area contributed by atoms with Gasteiger partial charge in [-0.05, 0) is 72.8 Å². The lowest BCUT2D eigenvalue weighted by Crippen LogP contribution is -2.29. The van der Waals surface area contributed by atoms with E-state index < -0.39 is 0 Å². The Hall–Kier alpha value is -2.68. The molecule has 0 spiro atoms. The van der Waals surface area contributed by atoms with Crippen molar-refractivity contribution in [2.45, 2.75) is 13.8 Å². The molecule has 3 aromatic rings. The quantitative estimate of drug-likeness (QED) is 0.343. The van der Waals surface area contributed by atoms with E-state index in [1.807, 2.05) is 61.5 Å². The summed E-state index contributed by atoms with van der Waals surface area (Å²) in [4.78, 5) is 21.0. The smallest absolute Gasteiger partial charge is 0.251 e. The van der Waals surface area contributed by atoms with Crippen LogP contribution in [0.3, 0.4) is 0 Å². The van der Waals surface area contributed by atoms with Crippen molar-refractivity contribution in [1.29, 1.82) is 0 Å². The second-order valence-corrected chi connectivity index (χ2v) is 7.64. The van der Waals surface area contributed by atoms with E-state index in [4.69, 9.17) is 0 Å². The Morgan fingerprint density at radius 1 is 0.964 bits per heavy atom. The third-order valence-corrected chi connectivity index (χ3v) is 4.70. The van der Waals surface area contributed by atoms with Gasteiger partial charge in [-0.2, -0.15) is 4.98 Å². The predicted molar refractivity (Wildman–Crippen MR) is 121 cm³/mol. The van der Waals surface area contributed by atoms with Crippen LogP contribution in [0.2, 0.25) is 0 Å². The van der Waals surface area contributed by atoms with E-state index in [-0.39, 0.29) is 5.91 Å². The summed E-state index contributed by atoms with van der Waals surface area (Å²) in [5.41, 5.74) is 3.69. The zero-order valence-electron chi connectivity index (χ0n) is 15.8. The molecular weight excluding hydrogens is 465 g/mol. The molecule has 28 heavy (non-hydrogen) atoms. The topological polar surface area (TPSA) is 78.9 Å². The summed E-state index contributed by atoms with van der Waals surface area (Å²) in [7, 11) is 0. The van der Waals surface area contributed by atoms with Crippen LogP contribution in [0.25, 0.3) is 0 Å². The lowest BCUT2D eigenvalue weighted by Gasteiger charge is -2.11. The molecule has 3 N–H and O–H groups in total. The number of nitrogens with zero attached hydrogens (tertiary/aromatic N) is 2. The highest BCUT2D eigenvalue weighted by molar-refractivity contribution is 14.1. The number of hydrogen-bond acceptors (Lipinski definition) is 5. The maximum Gasteiger partial charge on any atom is 0.251 e. The summed E-state index contributed by atoms with van der Waals surface area (Å²) in [6.07, 6.45) is 0. The number of anilines is 3. The molecule has 0 saturated heterocycles. The van der Waals surface area contributed by atoms with Gasteiger partial charge in [0, 0.05) is 39.7 Å². The normalized spacial score (nSPS) is 10.4. The molecule has 0 aliphatic rings. The molecule has 1 heterocycles. The summed E-state index contributed by atoms with van der Waals surface area (Å²) < 4.78 is 1.10. The number of halogens is 1. The van der Waals surface area contributed by atoms with Gasteiger partial charge in [0.05, 0.1) is 0 Å². The Balaban J connectivity index is 1.52. The van der Waals surface area contributed by atoms with E-state index in [1.165, 1.54) is 5.56 Å². The van der Waals surface area contributed by atoms with Gasteiger partial charge >= 0.3 is 0 Å². The number of rotatable bonds is 7. The molecule has 0 aliphatic heterocycles. The largest absolute Gasteiger partial charge is 0.352 e. The van der Waals surface area contributed by atoms with Crippen molar-refractivity contribution in [3.05, 3.63) is 75.0 Å². The zero-order valence-corrected chi connectivity index (χ0v) is 17.9. The monoisotopic (exact) mass is 487 g/mol. The lowest BCUT2D eigenvalue weighted by molar-refractivity contribution is 0.0955. The van der Waals surface area contributed by atoms with Gasteiger partial charge in [0.2, 0.25) is 5.95 Å². The molecule has 7 heteroatoms. The first-order valence-electron chi connectivity index (χ1n) is 8.96. The molecule has 1 amide bonds. The maximum absolute atomic E-state index is 12.1. The fourth-order valence-electron chi connectivity index (χ4n) is 2.55. The summed E-state index contributed by atoms with van der Waals surface area (Å²) >= 11 is 2.21. The maximum atomic E-state index is 12.1. The van der Waals surface area contributed by atoms with E-state index in [9.17, 15) is 4.79 Å². The van der Waals surface area contributed by atoms with Gasteiger partial charge in [0.1, 0.15) is 5.82 Å². The molecule has 0 atom stereocenters. The summed E-state index contributed by atoms with van der Waals surface area (Å²) in [5.74, 6) is 1.16. The Morgan fingerprint density at radius 2 is 1.68 bits per heavy atom. The Kier molecular flexibility index (Phi) is 6.80. The Morgan fingerprint density at radius 3 is 2.39 bits per heavy atom. The fourth-order valence-corrected chi connectivity index (χ4v) is 2.91. The van der Waals surface area contributed by atoms with Gasteiger partial charge < -0.3 is 16.0 Å². The minimum atomic E-state index is -0.0925. The number of aryl methyl sites for hydroxylation is 2. The van der Waals surface area contributed by atoms with Gasteiger partial charge in [-0.15, -0.1) is 0 Å². The van der Waals surface area contributed by atoms with Crippen molar-refractivity contribution in [3.63, 3.8) is 0 Å². The SMILES string of the molecule is Cc1ccc(Nc2cc(C)nc(NCCNC(=O)c3ccc(I)cc3)n2)cc1. The van der Waals surface area contributed by atoms with Crippen LogP contribution in [0.4, 0.5) is 17.5 Å². The first kappa shape index (κ1) is 20.1. The first-order valence-corrected chi connectivity index (χ1v) is 10.0. The van der Waals surface area contributed by atoms with Gasteiger partial charge in [-0.1, -0.05) is 17.7 Å². The van der Waals surface area contributed by atoms with E-state index in [1.54, 1.807) is 0 Å². The van der Waals surface area contributed by atoms with Crippen molar-refractivity contribution in [1.82, 2.24) is 15.3 Å². The van der Waals surface area contributed by atoms with E-state index in [0.29, 0.717) is 24.6 Å². The van der Waals surface area contributed by atoms with Crippen molar-refractivity contribution in [3.8, 4) is 0 Å². The third kappa shape index (κ3) is 5.91. The Bertz CT molecular complexity index is 942. The molecule has 0 fully saturated rings. The van der Waals surface area contributed by atoms with E-state index in [2.05, 4.69) is 55.4 Å². The van der Waals surface area contributed by atoms with Gasteiger partial charge in [0.25, 0.3) is 5.91 Å². The van der Waals surface area contributed by atoms with Gasteiger partial charge in [-0.25, -0.2) is 4.98 Å². The van der Waals surface area contributed by atoms with Crippen molar-refractivity contribution < 1.29 is 4.79 Å². The zero-order chi connectivity index (χ0) is 19.9. The van der Waals surface area contributed by atoms with Crippen LogP contribution in [0, 0.1) is 17.4 Å². The predicted octanol–water partition coefficient (Wildman–Crippen LogP) is 4.28. The van der Waals surface area contributed by atoms with E-state index >= 15 is 0 Å². The standard InChI is InChI=1S/C21H22IN5O/c1-14-3-9-18(10-4-14)26-19-13-15(2)25-21(27-19)24-12-11-23-20(28)16-5-7-17(22)8-6-16/h3-10,13H,11-12H2,1-2H3,(H,23,28)(H2,24,25,26,27). The molecule has 6 nitrogen and oxygen atoms in total. The molecule has 0 unspecified atom stereocenters. The first-order chi connectivity index (χ1) is 13.5. The Labute approximate surface area is 178 Å². The molecule has 144 valence electrons. The van der Waals surface area contributed by atoms with Gasteiger partial charge in [0.15, 0.2) is 0 Å². The van der Waals surface area contributed by atoms with Crippen LogP contribution < -0.4 is 16.0 Å². The molecule has 0 saturated carbocycles. The molecule has 3 rings (SSSR count). The fraction of sp³-hybridized carbons (Fsp3) is 0.190. The average Bonchev–Trinajstić information content (AvgIpc) is 2.67. The second kappa shape index (κ2) is 9.50. The summed E-state index contributed by atoms with van der Waals surface area (Å²) in [6.45, 7) is 4.98. The third-order valence-electron chi connectivity index (χ3n) is 3.98. The van der Waals surface area contributed by atoms with Crippen LogP contribution in [-0.2, 0) is 0 Å². The van der Waals surface area contributed by atoms with Crippen LogP contribution in [0.1, 0.15) is 21.6 Å². The van der Waals surface area contributed by atoms with E-state index in [0.717, 1.165) is 20.8 Å². The van der Waals surface area contributed by atoms with Crippen molar-refractivity contribution in [2.24, 2.45) is 0 Å². The summed E-state index contributed by atoms with van der Waals surface area (Å²) in [5, 5.41) is 9.33. The van der Waals surface area contributed by atoms with Crippen LogP contribution >= 0.6 is 22.6 Å². The molecule has 2 aromatic carbocycles. The van der Waals surface area contributed by atoms with Crippen LogP contribution in [0.5, 0.6) is 0 Å². The molecule has 0 aliphatic carbocycles. The number of carbonyl (C=O) groups excluding carboxylic acids is 1. The van der Waals surface area contributed by atoms with Crippen molar-refractivity contribution in [2.75, 3.05) is 23.7 Å². The minimum Gasteiger partial charge on any atom is -0.352 e. The second-order valence-electron chi connectivity index (χ2n) is 6.40. The molecular formula is C21H22IN5O. The molecule has 0 bridgehead atoms. The number of hydrogen-bond donors (Lipinski definition) is 3. The highest BCUT2D eigenvalue weighted by Crippen LogP contribution is 2.17. The lowest BCUT2D eigenvalue weighted by atomic mass is 10.2. The minimum absolute atomic E-state index is 0.0925. The van der Waals surface area contributed by atoms with Crippen LogP contribution in [-0.4, -0.2) is 29.0 Å².